The highest BCUT2D eigenvalue weighted by molar-refractivity contribution is 7.10. The fourth-order valence-electron chi connectivity index (χ4n) is 3.15. The highest BCUT2D eigenvalue weighted by Crippen LogP contribution is 2.27. The maximum absolute atomic E-state index is 5.74. The number of rotatable bonds is 10. The lowest BCUT2D eigenvalue weighted by Crippen LogP contribution is -2.37. The van der Waals surface area contributed by atoms with Crippen molar-refractivity contribution in [2.45, 2.75) is 19.4 Å². The summed E-state index contributed by atoms with van der Waals surface area (Å²) in [6.45, 7) is 4.88. The van der Waals surface area contributed by atoms with E-state index < -0.39 is 0 Å². The lowest BCUT2D eigenvalue weighted by molar-refractivity contribution is 0.0888. The highest BCUT2D eigenvalue weighted by Gasteiger charge is 2.15. The van der Waals surface area contributed by atoms with Gasteiger partial charge in [0.2, 0.25) is 0 Å². The summed E-state index contributed by atoms with van der Waals surface area (Å²) in [5.74, 6) is 2.26. The van der Waals surface area contributed by atoms with Crippen LogP contribution in [0.4, 0.5) is 0 Å². The molecule has 1 unspecified atom stereocenters. The molecule has 1 atom stereocenters. The quantitative estimate of drug-likeness (QED) is 0.352. The third-order valence-corrected chi connectivity index (χ3v) is 5.80. The predicted molar refractivity (Wildman–Crippen MR) is 119 cm³/mol. The monoisotopic (exact) mass is 417 g/mol. The van der Waals surface area contributed by atoms with Crippen LogP contribution in [0.3, 0.4) is 0 Å². The van der Waals surface area contributed by atoms with Crippen LogP contribution < -0.4 is 15.4 Å². The maximum Gasteiger partial charge on any atom is 0.191 e. The summed E-state index contributed by atoms with van der Waals surface area (Å²) in [6, 6.07) is 10.4. The summed E-state index contributed by atoms with van der Waals surface area (Å²) in [4.78, 5) is 5.56. The van der Waals surface area contributed by atoms with E-state index in [1.807, 2.05) is 12.1 Å². The highest BCUT2D eigenvalue weighted by atomic mass is 32.1. The Bertz CT molecular complexity index is 755. The first-order chi connectivity index (χ1) is 14.3. The molecule has 1 fully saturated rings. The molecular weight excluding hydrogens is 386 g/mol. The van der Waals surface area contributed by atoms with Crippen LogP contribution in [-0.4, -0.2) is 53.1 Å². The molecule has 3 rings (SSSR count). The van der Waals surface area contributed by atoms with Crippen LogP contribution >= 0.6 is 11.3 Å². The zero-order valence-electron chi connectivity index (χ0n) is 17.3. The van der Waals surface area contributed by atoms with Gasteiger partial charge in [-0.05, 0) is 47.5 Å². The van der Waals surface area contributed by atoms with Crippen molar-refractivity contribution < 1.29 is 14.2 Å². The first-order valence-corrected chi connectivity index (χ1v) is 11.0. The van der Waals surface area contributed by atoms with E-state index in [2.05, 4.69) is 39.2 Å². The zero-order valence-corrected chi connectivity index (χ0v) is 18.1. The number of thiophene rings is 1. The number of nitrogens with one attached hydrogen (secondary N) is 2. The first-order valence-electron chi connectivity index (χ1n) is 10.1. The van der Waals surface area contributed by atoms with Gasteiger partial charge in [-0.3, -0.25) is 4.99 Å². The second-order valence-electron chi connectivity index (χ2n) is 7.04. The molecule has 2 heterocycles. The molecule has 0 radical (unpaired) electrons. The van der Waals surface area contributed by atoms with Crippen LogP contribution in [0, 0.1) is 5.92 Å². The van der Waals surface area contributed by atoms with Crippen molar-refractivity contribution in [3.05, 3.63) is 40.6 Å². The minimum atomic E-state index is 0.575. The van der Waals surface area contributed by atoms with Gasteiger partial charge in [-0.2, -0.15) is 0 Å². The van der Waals surface area contributed by atoms with Crippen LogP contribution in [0.2, 0.25) is 0 Å². The van der Waals surface area contributed by atoms with Crippen molar-refractivity contribution in [2.24, 2.45) is 10.9 Å². The molecule has 6 nitrogen and oxygen atoms in total. The first kappa shape index (κ1) is 21.6. The molecule has 2 aromatic rings. The van der Waals surface area contributed by atoms with E-state index in [-0.39, 0.29) is 0 Å². The van der Waals surface area contributed by atoms with Gasteiger partial charge < -0.3 is 24.8 Å². The minimum Gasteiger partial charge on any atom is -0.497 e. The van der Waals surface area contributed by atoms with Gasteiger partial charge in [0.25, 0.3) is 0 Å². The smallest absolute Gasteiger partial charge is 0.191 e. The minimum absolute atomic E-state index is 0.575. The lowest BCUT2D eigenvalue weighted by atomic mass is 10.1. The molecule has 1 aromatic heterocycles. The van der Waals surface area contributed by atoms with Gasteiger partial charge in [0.15, 0.2) is 5.96 Å². The summed E-state index contributed by atoms with van der Waals surface area (Å²) in [6.07, 6.45) is 2.08. The number of benzene rings is 1. The second-order valence-corrected chi connectivity index (χ2v) is 8.04. The third-order valence-electron chi connectivity index (χ3n) is 4.87. The van der Waals surface area contributed by atoms with Crippen molar-refractivity contribution in [1.82, 2.24) is 10.6 Å². The van der Waals surface area contributed by atoms with Crippen molar-refractivity contribution >= 4 is 17.3 Å². The summed E-state index contributed by atoms with van der Waals surface area (Å²) >= 11 is 1.75. The van der Waals surface area contributed by atoms with Crippen LogP contribution in [0.15, 0.2) is 40.7 Å². The Hall–Kier alpha value is -2.09. The molecule has 158 valence electrons. The van der Waals surface area contributed by atoms with Crippen molar-refractivity contribution in [3.63, 3.8) is 0 Å². The molecule has 7 heteroatoms. The Kier molecular flexibility index (Phi) is 8.80. The van der Waals surface area contributed by atoms with E-state index in [0.717, 1.165) is 64.1 Å². The van der Waals surface area contributed by atoms with Gasteiger partial charge in [-0.1, -0.05) is 12.1 Å². The zero-order chi connectivity index (χ0) is 20.3. The normalized spacial score (nSPS) is 16.8. The molecule has 1 aliphatic heterocycles. The Morgan fingerprint density at radius 3 is 2.83 bits per heavy atom. The van der Waals surface area contributed by atoms with E-state index in [0.29, 0.717) is 5.92 Å². The molecule has 2 N–H and O–H groups in total. The number of guanidine groups is 1. The molecule has 1 aliphatic rings. The number of aliphatic imine (C=N–C) groups is 1. The fourth-order valence-corrected chi connectivity index (χ4v) is 3.98. The lowest BCUT2D eigenvalue weighted by Gasteiger charge is -2.12. The van der Waals surface area contributed by atoms with Gasteiger partial charge >= 0.3 is 0 Å². The molecule has 0 aliphatic carbocycles. The average molecular weight is 418 g/mol. The van der Waals surface area contributed by atoms with Crippen LogP contribution in [0.25, 0.3) is 11.1 Å². The molecule has 1 saturated heterocycles. The van der Waals surface area contributed by atoms with Crippen LogP contribution in [-0.2, 0) is 16.0 Å². The van der Waals surface area contributed by atoms with E-state index in [9.17, 15) is 0 Å². The number of methoxy groups -OCH3 is 1. The summed E-state index contributed by atoms with van der Waals surface area (Å²) < 4.78 is 16.3. The average Bonchev–Trinajstić information content (AvgIpc) is 3.45. The number of hydrogen-bond donors (Lipinski definition) is 2. The molecule has 0 amide bonds. The Morgan fingerprint density at radius 2 is 2.10 bits per heavy atom. The Labute approximate surface area is 177 Å². The van der Waals surface area contributed by atoms with Crippen LogP contribution in [0.1, 0.15) is 17.7 Å². The van der Waals surface area contributed by atoms with Crippen molar-refractivity contribution in [1.29, 1.82) is 0 Å². The fraction of sp³-hybridized carbons (Fsp3) is 0.500. The third kappa shape index (κ3) is 7.03. The van der Waals surface area contributed by atoms with E-state index >= 15 is 0 Å². The maximum atomic E-state index is 5.74. The van der Waals surface area contributed by atoms with Gasteiger partial charge in [-0.25, -0.2) is 0 Å². The van der Waals surface area contributed by atoms with E-state index in [1.54, 1.807) is 25.5 Å². The molecule has 0 saturated carbocycles. The van der Waals surface area contributed by atoms with E-state index in [1.165, 1.54) is 16.0 Å². The van der Waals surface area contributed by atoms with Gasteiger partial charge in [0, 0.05) is 37.6 Å². The molecular formula is C22H31N3O3S. The predicted octanol–water partition coefficient (Wildman–Crippen LogP) is 3.53. The second kappa shape index (κ2) is 11.8. The van der Waals surface area contributed by atoms with Gasteiger partial charge in [0.1, 0.15) is 5.75 Å². The summed E-state index contributed by atoms with van der Waals surface area (Å²) in [7, 11) is 3.48. The molecule has 0 spiro atoms. The largest absolute Gasteiger partial charge is 0.497 e. The number of nitrogens with zero attached hydrogens (tertiary/aromatic N) is 1. The van der Waals surface area contributed by atoms with Crippen molar-refractivity contribution in [2.75, 3.05) is 47.1 Å². The number of hydrogen-bond acceptors (Lipinski definition) is 5. The molecule has 0 bridgehead atoms. The van der Waals surface area contributed by atoms with E-state index in [4.69, 9.17) is 14.2 Å². The van der Waals surface area contributed by atoms with Gasteiger partial charge in [-0.15, -0.1) is 11.3 Å². The standard InChI is InChI=1S/C22H31N3O3S/c1-23-22(24-9-3-10-27-14-17-8-11-28-15-17)25-13-21-12-19(16-29-21)18-4-6-20(26-2)7-5-18/h4-7,12,16-17H,3,8-11,13-15H2,1-2H3,(H2,23,24,25). The molecule has 1 aromatic carbocycles. The Balaban J connectivity index is 1.34. The van der Waals surface area contributed by atoms with Crippen LogP contribution in [0.5, 0.6) is 5.75 Å². The van der Waals surface area contributed by atoms with Crippen molar-refractivity contribution in [3.8, 4) is 16.9 Å². The van der Waals surface area contributed by atoms with Gasteiger partial charge in [0.05, 0.1) is 26.9 Å². The summed E-state index contributed by atoms with van der Waals surface area (Å²) in [5.41, 5.74) is 2.42. The topological polar surface area (TPSA) is 64.1 Å². The SMILES string of the molecule is CN=C(NCCCOCC1CCOC1)NCc1cc(-c2ccc(OC)cc2)cs1. The molecule has 29 heavy (non-hydrogen) atoms. The number of ether oxygens (including phenoxy) is 3. The summed E-state index contributed by atoms with van der Waals surface area (Å²) in [5, 5.41) is 8.90. The Morgan fingerprint density at radius 1 is 1.24 bits per heavy atom.